The van der Waals surface area contributed by atoms with E-state index in [-0.39, 0.29) is 5.69 Å². The van der Waals surface area contributed by atoms with Crippen molar-refractivity contribution in [1.82, 2.24) is 9.13 Å². The molecule has 0 amide bonds. The number of aryl methyl sites for hydroxylation is 3. The zero-order valence-electron chi connectivity index (χ0n) is 13.2. The number of imidazole rings is 1. The first-order valence-electron chi connectivity index (χ1n) is 7.50. The van der Waals surface area contributed by atoms with E-state index < -0.39 is 0 Å². The van der Waals surface area contributed by atoms with Gasteiger partial charge in [-0.1, -0.05) is 13.8 Å². The Hall–Kier alpha value is -1.71. The second-order valence-corrected chi connectivity index (χ2v) is 5.25. The monoisotopic (exact) mass is 275 g/mol. The van der Waals surface area contributed by atoms with Crippen molar-refractivity contribution in [1.29, 1.82) is 0 Å². The lowest BCUT2D eigenvalue weighted by molar-refractivity contribution is 0.794. The van der Waals surface area contributed by atoms with E-state index in [1.165, 1.54) is 24.1 Å². The summed E-state index contributed by atoms with van der Waals surface area (Å²) in [6, 6.07) is 4.30. The number of aromatic nitrogens is 2. The van der Waals surface area contributed by atoms with Crippen LogP contribution in [0.3, 0.4) is 0 Å². The van der Waals surface area contributed by atoms with Crippen molar-refractivity contribution in [3.05, 3.63) is 28.2 Å². The quantitative estimate of drug-likeness (QED) is 0.801. The van der Waals surface area contributed by atoms with Gasteiger partial charge in [-0.2, -0.15) is 0 Å². The van der Waals surface area contributed by atoms with Gasteiger partial charge < -0.3 is 4.90 Å². The molecular weight excluding hydrogens is 250 g/mol. The van der Waals surface area contributed by atoms with Crippen LogP contribution in [-0.2, 0) is 14.1 Å². The topological polar surface area (TPSA) is 30.2 Å². The van der Waals surface area contributed by atoms with E-state index in [0.29, 0.717) is 0 Å². The van der Waals surface area contributed by atoms with Crippen molar-refractivity contribution >= 4 is 16.7 Å². The molecule has 1 aromatic carbocycles. The van der Waals surface area contributed by atoms with Crippen LogP contribution < -0.4 is 10.6 Å². The molecule has 4 heteroatoms. The summed E-state index contributed by atoms with van der Waals surface area (Å²) in [5, 5.41) is 0. The second-order valence-electron chi connectivity index (χ2n) is 5.25. The van der Waals surface area contributed by atoms with Crippen molar-refractivity contribution < 1.29 is 0 Å². The molecule has 0 aliphatic carbocycles. The lowest BCUT2D eigenvalue weighted by Gasteiger charge is -2.20. The minimum absolute atomic E-state index is 0.0519. The number of hydrogen-bond acceptors (Lipinski definition) is 2. The van der Waals surface area contributed by atoms with Gasteiger partial charge in [0.15, 0.2) is 0 Å². The third-order valence-corrected chi connectivity index (χ3v) is 3.93. The zero-order valence-corrected chi connectivity index (χ0v) is 13.2. The molecule has 0 radical (unpaired) electrons. The van der Waals surface area contributed by atoms with Gasteiger partial charge in [0.05, 0.1) is 16.7 Å². The van der Waals surface area contributed by atoms with Crippen LogP contribution >= 0.6 is 0 Å². The molecule has 110 valence electrons. The van der Waals surface area contributed by atoms with Crippen molar-refractivity contribution in [2.75, 3.05) is 18.0 Å². The fourth-order valence-electron chi connectivity index (χ4n) is 2.96. The molecule has 0 spiro atoms. The Kier molecular flexibility index (Phi) is 4.21. The SMILES string of the molecule is CC.Cc1cc(N2CCCC2)c2c(c1)n(C)c(=O)n2C. The van der Waals surface area contributed by atoms with Crippen molar-refractivity contribution in [3.8, 4) is 0 Å². The van der Waals surface area contributed by atoms with E-state index in [1.807, 2.05) is 27.9 Å². The normalized spacial score (nSPS) is 14.6. The first-order valence-corrected chi connectivity index (χ1v) is 7.50. The number of hydrogen-bond donors (Lipinski definition) is 0. The molecule has 0 saturated carbocycles. The van der Waals surface area contributed by atoms with Crippen LogP contribution in [0.1, 0.15) is 32.3 Å². The molecule has 20 heavy (non-hydrogen) atoms. The van der Waals surface area contributed by atoms with Gasteiger partial charge in [0, 0.05) is 27.2 Å². The average molecular weight is 275 g/mol. The van der Waals surface area contributed by atoms with E-state index in [4.69, 9.17) is 0 Å². The van der Waals surface area contributed by atoms with Gasteiger partial charge in [0.2, 0.25) is 0 Å². The van der Waals surface area contributed by atoms with Crippen LogP contribution in [0.5, 0.6) is 0 Å². The first-order chi connectivity index (χ1) is 9.59. The minimum Gasteiger partial charge on any atom is -0.370 e. The maximum Gasteiger partial charge on any atom is 0.328 e. The van der Waals surface area contributed by atoms with E-state index in [1.54, 1.807) is 9.13 Å². The van der Waals surface area contributed by atoms with Gasteiger partial charge in [-0.15, -0.1) is 0 Å². The molecule has 0 unspecified atom stereocenters. The summed E-state index contributed by atoms with van der Waals surface area (Å²) in [7, 11) is 3.71. The molecule has 1 aliphatic rings. The number of fused-ring (bicyclic) bond motifs is 1. The molecule has 1 aliphatic heterocycles. The van der Waals surface area contributed by atoms with Crippen molar-refractivity contribution in [2.45, 2.75) is 33.6 Å². The van der Waals surface area contributed by atoms with Crippen LogP contribution in [0.2, 0.25) is 0 Å². The molecule has 1 aromatic heterocycles. The van der Waals surface area contributed by atoms with Crippen molar-refractivity contribution in [3.63, 3.8) is 0 Å². The first kappa shape index (κ1) is 14.7. The Bertz CT molecular complexity index is 660. The predicted octanol–water partition coefficient (Wildman–Crippen LogP) is 2.81. The van der Waals surface area contributed by atoms with Crippen LogP contribution in [0.25, 0.3) is 11.0 Å². The molecule has 1 saturated heterocycles. The largest absolute Gasteiger partial charge is 0.370 e. The summed E-state index contributed by atoms with van der Waals surface area (Å²) in [4.78, 5) is 14.5. The zero-order chi connectivity index (χ0) is 14.9. The molecule has 1 fully saturated rings. The van der Waals surface area contributed by atoms with Crippen molar-refractivity contribution in [2.24, 2.45) is 14.1 Å². The van der Waals surface area contributed by atoms with Gasteiger partial charge >= 0.3 is 5.69 Å². The lowest BCUT2D eigenvalue weighted by atomic mass is 10.1. The van der Waals surface area contributed by atoms with Gasteiger partial charge in [-0.25, -0.2) is 4.79 Å². The Morgan fingerprint density at radius 3 is 2.20 bits per heavy atom. The second kappa shape index (κ2) is 5.73. The molecule has 2 heterocycles. The Morgan fingerprint density at radius 2 is 1.60 bits per heavy atom. The third-order valence-electron chi connectivity index (χ3n) is 3.93. The minimum atomic E-state index is 0.0519. The number of benzene rings is 1. The van der Waals surface area contributed by atoms with E-state index in [2.05, 4.69) is 24.0 Å². The summed E-state index contributed by atoms with van der Waals surface area (Å²) in [5.74, 6) is 0. The standard InChI is InChI=1S/C14H19N3O.C2H6/c1-10-8-11-13(16(3)14(18)15(11)2)12(9-10)17-6-4-5-7-17;1-2/h8-9H,4-7H2,1-3H3;1-2H3. The number of rotatable bonds is 1. The lowest BCUT2D eigenvalue weighted by Crippen LogP contribution is -2.21. The molecule has 0 atom stereocenters. The van der Waals surface area contributed by atoms with Gasteiger partial charge in [0.1, 0.15) is 0 Å². The molecule has 0 N–H and O–H groups in total. The number of anilines is 1. The molecular formula is C16H25N3O. The summed E-state index contributed by atoms with van der Waals surface area (Å²) >= 11 is 0. The average Bonchev–Trinajstić information content (AvgIpc) is 3.06. The van der Waals surface area contributed by atoms with Crippen LogP contribution in [0, 0.1) is 6.92 Å². The van der Waals surface area contributed by atoms with E-state index in [9.17, 15) is 4.79 Å². The summed E-state index contributed by atoms with van der Waals surface area (Å²) in [5.41, 5.74) is 4.57. The fourth-order valence-corrected chi connectivity index (χ4v) is 2.96. The van der Waals surface area contributed by atoms with Crippen LogP contribution in [0.4, 0.5) is 5.69 Å². The number of nitrogens with zero attached hydrogens (tertiary/aromatic N) is 3. The fraction of sp³-hybridized carbons (Fsp3) is 0.562. The highest BCUT2D eigenvalue weighted by Gasteiger charge is 2.19. The van der Waals surface area contributed by atoms with Gasteiger partial charge in [0.25, 0.3) is 0 Å². The molecule has 2 aromatic rings. The van der Waals surface area contributed by atoms with E-state index in [0.717, 1.165) is 24.1 Å². The highest BCUT2D eigenvalue weighted by Crippen LogP contribution is 2.29. The smallest absolute Gasteiger partial charge is 0.328 e. The third kappa shape index (κ3) is 2.23. The van der Waals surface area contributed by atoms with Gasteiger partial charge in [-0.3, -0.25) is 9.13 Å². The molecule has 3 rings (SSSR count). The highest BCUT2D eigenvalue weighted by molar-refractivity contribution is 5.90. The summed E-state index contributed by atoms with van der Waals surface area (Å²) in [6.07, 6.45) is 2.49. The van der Waals surface area contributed by atoms with Crippen LogP contribution in [-0.4, -0.2) is 22.2 Å². The Balaban J connectivity index is 0.000000704. The van der Waals surface area contributed by atoms with E-state index >= 15 is 0 Å². The predicted molar refractivity (Wildman–Crippen MR) is 85.7 cm³/mol. The summed E-state index contributed by atoms with van der Waals surface area (Å²) in [6.45, 7) is 8.29. The van der Waals surface area contributed by atoms with Gasteiger partial charge in [-0.05, 0) is 37.5 Å². The molecule has 4 nitrogen and oxygen atoms in total. The summed E-state index contributed by atoms with van der Waals surface area (Å²) < 4.78 is 3.50. The highest BCUT2D eigenvalue weighted by atomic mass is 16.1. The molecule has 0 bridgehead atoms. The van der Waals surface area contributed by atoms with Crippen LogP contribution in [0.15, 0.2) is 16.9 Å². The maximum atomic E-state index is 12.1. The maximum absolute atomic E-state index is 12.1. The Morgan fingerprint density at radius 1 is 1.00 bits per heavy atom. The Labute approximate surface area is 120 Å².